The van der Waals surface area contributed by atoms with Gasteiger partial charge in [-0.15, -0.1) is 0 Å². The molecule has 0 spiro atoms. The fourth-order valence-corrected chi connectivity index (χ4v) is 2.75. The highest BCUT2D eigenvalue weighted by Gasteiger charge is 2.31. The standard InChI is InChI=1S/C20H16F3N3O4/c1-12-17(19(29)26(11-16(27)28)10-15-7-2-3-8-24-15)25-18(30-12)13-5-4-6-14(9-13)20(21,22)23/h2-9H,10-11H2,1H3,(H,27,28). The third-order valence-electron chi connectivity index (χ3n) is 4.13. The Morgan fingerprint density at radius 1 is 1.17 bits per heavy atom. The highest BCUT2D eigenvalue weighted by molar-refractivity contribution is 5.95. The van der Waals surface area contributed by atoms with Gasteiger partial charge in [-0.3, -0.25) is 14.6 Å². The van der Waals surface area contributed by atoms with E-state index in [4.69, 9.17) is 9.52 Å². The number of carbonyl (C=O) groups is 2. The zero-order valence-corrected chi connectivity index (χ0v) is 15.7. The number of hydrogen-bond acceptors (Lipinski definition) is 5. The van der Waals surface area contributed by atoms with Gasteiger partial charge in [-0.05, 0) is 37.3 Å². The first-order valence-electron chi connectivity index (χ1n) is 8.71. The number of pyridine rings is 1. The maximum absolute atomic E-state index is 13.0. The summed E-state index contributed by atoms with van der Waals surface area (Å²) >= 11 is 0. The molecule has 0 aliphatic heterocycles. The van der Waals surface area contributed by atoms with Crippen LogP contribution in [0.2, 0.25) is 0 Å². The number of aromatic nitrogens is 2. The maximum atomic E-state index is 13.0. The van der Waals surface area contributed by atoms with Crippen LogP contribution in [0.25, 0.3) is 11.5 Å². The van der Waals surface area contributed by atoms with Crippen LogP contribution in [0.4, 0.5) is 13.2 Å². The molecule has 0 aliphatic carbocycles. The fraction of sp³-hybridized carbons (Fsp3) is 0.200. The first-order chi connectivity index (χ1) is 14.1. The lowest BCUT2D eigenvalue weighted by molar-refractivity contribution is -0.138. The van der Waals surface area contributed by atoms with E-state index in [1.165, 1.54) is 25.3 Å². The molecule has 30 heavy (non-hydrogen) atoms. The first kappa shape index (κ1) is 21.0. The third kappa shape index (κ3) is 4.83. The summed E-state index contributed by atoms with van der Waals surface area (Å²) in [7, 11) is 0. The van der Waals surface area contributed by atoms with Crippen molar-refractivity contribution in [3.8, 4) is 11.5 Å². The molecule has 3 rings (SSSR count). The van der Waals surface area contributed by atoms with Crippen LogP contribution in [-0.2, 0) is 17.5 Å². The molecule has 3 aromatic rings. The molecule has 0 saturated carbocycles. The number of amides is 1. The van der Waals surface area contributed by atoms with Gasteiger partial charge in [0.2, 0.25) is 5.89 Å². The van der Waals surface area contributed by atoms with Gasteiger partial charge >= 0.3 is 12.1 Å². The van der Waals surface area contributed by atoms with Crippen LogP contribution in [0, 0.1) is 6.92 Å². The number of rotatable bonds is 6. The molecule has 0 saturated heterocycles. The first-order valence-corrected chi connectivity index (χ1v) is 8.71. The van der Waals surface area contributed by atoms with Crippen molar-refractivity contribution in [2.24, 2.45) is 0 Å². The van der Waals surface area contributed by atoms with E-state index < -0.39 is 30.2 Å². The molecular weight excluding hydrogens is 403 g/mol. The van der Waals surface area contributed by atoms with Crippen LogP contribution in [0.5, 0.6) is 0 Å². The number of aliphatic carboxylic acids is 1. The summed E-state index contributed by atoms with van der Waals surface area (Å²) in [4.78, 5) is 33.2. The van der Waals surface area contributed by atoms with Crippen molar-refractivity contribution in [2.45, 2.75) is 19.6 Å². The minimum atomic E-state index is -4.54. The summed E-state index contributed by atoms with van der Waals surface area (Å²) in [6.07, 6.45) is -3.04. The van der Waals surface area contributed by atoms with Crippen molar-refractivity contribution in [3.05, 3.63) is 71.4 Å². The Hall–Kier alpha value is -3.69. The lowest BCUT2D eigenvalue weighted by atomic mass is 10.1. The molecule has 2 heterocycles. The average Bonchev–Trinajstić information content (AvgIpc) is 3.08. The van der Waals surface area contributed by atoms with Gasteiger partial charge in [-0.1, -0.05) is 12.1 Å². The van der Waals surface area contributed by atoms with Crippen molar-refractivity contribution < 1.29 is 32.3 Å². The Morgan fingerprint density at radius 2 is 1.93 bits per heavy atom. The second-order valence-electron chi connectivity index (χ2n) is 6.38. The van der Waals surface area contributed by atoms with Crippen LogP contribution in [0.1, 0.15) is 27.5 Å². The summed E-state index contributed by atoms with van der Waals surface area (Å²) in [5.74, 6) is -2.08. The predicted octanol–water partition coefficient (Wildman–Crippen LogP) is 3.79. The molecule has 0 radical (unpaired) electrons. The quantitative estimate of drug-likeness (QED) is 0.653. The number of carboxylic acid groups (broad SMARTS) is 1. The number of benzene rings is 1. The lowest BCUT2D eigenvalue weighted by Crippen LogP contribution is -2.36. The van der Waals surface area contributed by atoms with Gasteiger partial charge in [-0.25, -0.2) is 4.98 Å². The van der Waals surface area contributed by atoms with Gasteiger partial charge < -0.3 is 14.4 Å². The van der Waals surface area contributed by atoms with E-state index in [0.717, 1.165) is 17.0 Å². The molecular formula is C20H16F3N3O4. The Balaban J connectivity index is 1.92. The summed E-state index contributed by atoms with van der Waals surface area (Å²) in [5, 5.41) is 9.15. The number of hydrogen-bond donors (Lipinski definition) is 1. The zero-order chi connectivity index (χ0) is 21.9. The van der Waals surface area contributed by atoms with E-state index in [1.54, 1.807) is 18.2 Å². The SMILES string of the molecule is Cc1oc(-c2cccc(C(F)(F)F)c2)nc1C(=O)N(CC(=O)O)Cc1ccccn1. The van der Waals surface area contributed by atoms with Crippen molar-refractivity contribution in [1.82, 2.24) is 14.9 Å². The molecule has 1 N–H and O–H groups in total. The van der Waals surface area contributed by atoms with E-state index >= 15 is 0 Å². The molecule has 156 valence electrons. The van der Waals surface area contributed by atoms with E-state index in [9.17, 15) is 22.8 Å². The average molecular weight is 419 g/mol. The second-order valence-corrected chi connectivity index (χ2v) is 6.38. The van der Waals surface area contributed by atoms with Crippen molar-refractivity contribution in [1.29, 1.82) is 0 Å². The summed E-state index contributed by atoms with van der Waals surface area (Å²) in [5.41, 5.74) is -0.557. The zero-order valence-electron chi connectivity index (χ0n) is 15.7. The van der Waals surface area contributed by atoms with Crippen molar-refractivity contribution >= 4 is 11.9 Å². The minimum Gasteiger partial charge on any atom is -0.480 e. The molecule has 0 atom stereocenters. The monoisotopic (exact) mass is 419 g/mol. The van der Waals surface area contributed by atoms with Gasteiger partial charge in [0.25, 0.3) is 5.91 Å². The molecule has 1 amide bonds. The number of alkyl halides is 3. The Labute approximate surface area is 168 Å². The van der Waals surface area contributed by atoms with Gasteiger partial charge in [0, 0.05) is 11.8 Å². The number of halogens is 3. The Kier molecular flexibility index (Phi) is 5.86. The number of nitrogens with zero attached hydrogens (tertiary/aromatic N) is 3. The van der Waals surface area contributed by atoms with Gasteiger partial charge in [-0.2, -0.15) is 13.2 Å². The Morgan fingerprint density at radius 3 is 2.57 bits per heavy atom. The number of oxazole rings is 1. The van der Waals surface area contributed by atoms with Gasteiger partial charge in [0.15, 0.2) is 5.69 Å². The van der Waals surface area contributed by atoms with E-state index in [0.29, 0.717) is 5.69 Å². The van der Waals surface area contributed by atoms with Crippen LogP contribution in [0.3, 0.4) is 0 Å². The predicted molar refractivity (Wildman–Crippen MR) is 98.3 cm³/mol. The molecule has 2 aromatic heterocycles. The second kappa shape index (κ2) is 8.36. The maximum Gasteiger partial charge on any atom is 0.416 e. The summed E-state index contributed by atoms with van der Waals surface area (Å²) in [6.45, 7) is 0.731. The van der Waals surface area contributed by atoms with Crippen LogP contribution >= 0.6 is 0 Å². The molecule has 0 fully saturated rings. The number of carboxylic acids is 1. The summed E-state index contributed by atoms with van der Waals surface area (Å²) in [6, 6.07) is 9.35. The lowest BCUT2D eigenvalue weighted by Gasteiger charge is -2.19. The van der Waals surface area contributed by atoms with E-state index in [-0.39, 0.29) is 29.5 Å². The summed E-state index contributed by atoms with van der Waals surface area (Å²) < 4.78 is 44.3. The molecule has 0 bridgehead atoms. The van der Waals surface area contributed by atoms with Crippen molar-refractivity contribution in [3.63, 3.8) is 0 Å². The molecule has 0 aliphatic rings. The topological polar surface area (TPSA) is 96.5 Å². The third-order valence-corrected chi connectivity index (χ3v) is 4.13. The molecule has 10 heteroatoms. The normalized spacial score (nSPS) is 11.3. The van der Waals surface area contributed by atoms with Crippen LogP contribution in [-0.4, -0.2) is 38.4 Å². The van der Waals surface area contributed by atoms with Gasteiger partial charge in [0.1, 0.15) is 12.3 Å². The number of carbonyl (C=O) groups excluding carboxylic acids is 1. The van der Waals surface area contributed by atoms with Crippen molar-refractivity contribution in [2.75, 3.05) is 6.54 Å². The molecule has 0 unspecified atom stereocenters. The number of aryl methyl sites for hydroxylation is 1. The molecule has 7 nitrogen and oxygen atoms in total. The molecule has 1 aromatic carbocycles. The highest BCUT2D eigenvalue weighted by atomic mass is 19.4. The minimum absolute atomic E-state index is 0.0430. The van der Waals surface area contributed by atoms with E-state index in [1.807, 2.05) is 0 Å². The van der Waals surface area contributed by atoms with E-state index in [2.05, 4.69) is 9.97 Å². The van der Waals surface area contributed by atoms with Crippen LogP contribution in [0.15, 0.2) is 53.1 Å². The van der Waals surface area contributed by atoms with Crippen LogP contribution < -0.4 is 0 Å². The largest absolute Gasteiger partial charge is 0.480 e. The highest BCUT2D eigenvalue weighted by Crippen LogP contribution is 2.32. The Bertz CT molecular complexity index is 1060. The van der Waals surface area contributed by atoms with Gasteiger partial charge in [0.05, 0.1) is 17.8 Å². The fourth-order valence-electron chi connectivity index (χ4n) is 2.75. The smallest absolute Gasteiger partial charge is 0.416 e.